The van der Waals surface area contributed by atoms with E-state index >= 15 is 0 Å². The molecule has 0 rings (SSSR count). The average Bonchev–Trinajstić information content (AvgIpc) is 1.71. The lowest BCUT2D eigenvalue weighted by Gasteiger charge is -1.59. The van der Waals surface area contributed by atoms with Crippen LogP contribution in [0.1, 0.15) is 6.42 Å². The molecular formula is C5H8O3. The quantitative estimate of drug-likeness (QED) is 0.421. The largest absolute Gasteiger partial charge is 0.483 e. The summed E-state index contributed by atoms with van der Waals surface area (Å²) in [5.41, 5.74) is 0. The van der Waals surface area contributed by atoms with E-state index in [1.165, 1.54) is 0 Å². The second-order valence-corrected chi connectivity index (χ2v) is 0.796. The minimum Gasteiger partial charge on any atom is -0.483 e. The lowest BCUT2D eigenvalue weighted by molar-refractivity contribution is -0.122. The van der Waals surface area contributed by atoms with Gasteiger partial charge in [-0.2, -0.15) is 0 Å². The van der Waals surface area contributed by atoms with Crippen LogP contribution in [-0.2, 0) is 9.59 Å². The van der Waals surface area contributed by atoms with Crippen LogP contribution in [0, 0.1) is 0 Å². The van der Waals surface area contributed by atoms with Crippen molar-refractivity contribution >= 4 is 12.8 Å². The predicted octanol–water partition coefficient (Wildman–Crippen LogP) is 0.462. The summed E-state index contributed by atoms with van der Waals surface area (Å²) in [5, 5.41) is 6.89. The third-order valence-corrected chi connectivity index (χ3v) is 0.263. The molecule has 0 radical (unpaired) electrons. The molecule has 0 aromatic heterocycles. The maximum Gasteiger partial charge on any atom is 0.290 e. The highest BCUT2D eigenvalue weighted by molar-refractivity contribution is 5.51. The van der Waals surface area contributed by atoms with Gasteiger partial charge in [0.15, 0.2) is 0 Å². The van der Waals surface area contributed by atoms with Crippen LogP contribution < -0.4 is 0 Å². The zero-order valence-corrected chi connectivity index (χ0v) is 4.41. The monoisotopic (exact) mass is 116 g/mol. The second kappa shape index (κ2) is 16.9. The summed E-state index contributed by atoms with van der Waals surface area (Å²) in [7, 11) is 0. The van der Waals surface area contributed by atoms with E-state index in [0.717, 1.165) is 6.29 Å². The molecule has 0 atom stereocenters. The number of carbonyl (C=O) groups excluding carboxylic acids is 1. The maximum absolute atomic E-state index is 9.33. The van der Waals surface area contributed by atoms with Crippen LogP contribution in [0.25, 0.3) is 0 Å². The van der Waals surface area contributed by atoms with Gasteiger partial charge in [-0.3, -0.25) is 4.79 Å². The molecule has 0 aromatic carbocycles. The Hall–Kier alpha value is -1.12. The van der Waals surface area contributed by atoms with E-state index in [0.29, 0.717) is 6.42 Å². The third-order valence-electron chi connectivity index (χ3n) is 0.263. The molecule has 0 heterocycles. The molecule has 0 aliphatic heterocycles. The summed E-state index contributed by atoms with van der Waals surface area (Å²) in [6.07, 6.45) is 2.85. The van der Waals surface area contributed by atoms with Crippen molar-refractivity contribution in [3.8, 4) is 0 Å². The first-order valence-corrected chi connectivity index (χ1v) is 1.95. The van der Waals surface area contributed by atoms with E-state index < -0.39 is 0 Å². The van der Waals surface area contributed by atoms with Crippen molar-refractivity contribution in [3.63, 3.8) is 0 Å². The Bertz CT molecular complexity index is 62.1. The Labute approximate surface area is 47.6 Å². The Morgan fingerprint density at radius 3 is 1.88 bits per heavy atom. The first-order chi connectivity index (χ1) is 3.83. The lowest BCUT2D eigenvalue weighted by Crippen LogP contribution is -1.59. The minimum absolute atomic E-state index is 0.250. The standard InChI is InChI=1S/C4H6O.CH2O2/c1-2-3-4-5;2-1-3/h2,4H,1,3H2;1H,(H,2,3). The Balaban J connectivity index is 0. The minimum atomic E-state index is -0.250. The molecule has 8 heavy (non-hydrogen) atoms. The topological polar surface area (TPSA) is 54.4 Å². The van der Waals surface area contributed by atoms with Gasteiger partial charge in [0.2, 0.25) is 0 Å². The Kier molecular flexibility index (Phi) is 21.1. The molecule has 0 aliphatic rings. The van der Waals surface area contributed by atoms with Crippen LogP contribution in [0.4, 0.5) is 0 Å². The van der Waals surface area contributed by atoms with Crippen LogP contribution in [0.2, 0.25) is 0 Å². The molecule has 1 N–H and O–H groups in total. The zero-order valence-electron chi connectivity index (χ0n) is 4.41. The van der Waals surface area contributed by atoms with Crippen molar-refractivity contribution in [2.24, 2.45) is 0 Å². The summed E-state index contributed by atoms with van der Waals surface area (Å²) in [4.78, 5) is 17.7. The molecule has 0 saturated heterocycles. The van der Waals surface area contributed by atoms with Crippen LogP contribution in [0.15, 0.2) is 12.7 Å². The molecule has 0 unspecified atom stereocenters. The molecule has 0 saturated carbocycles. The number of carbonyl (C=O) groups is 2. The van der Waals surface area contributed by atoms with E-state index in [-0.39, 0.29) is 6.47 Å². The van der Waals surface area contributed by atoms with Crippen molar-refractivity contribution in [1.82, 2.24) is 0 Å². The number of aldehydes is 1. The highest BCUT2D eigenvalue weighted by atomic mass is 16.3. The molecule has 0 fully saturated rings. The molecule has 0 aliphatic carbocycles. The van der Waals surface area contributed by atoms with E-state index in [4.69, 9.17) is 9.90 Å². The fourth-order valence-corrected chi connectivity index (χ4v) is 0.0680. The summed E-state index contributed by atoms with van der Waals surface area (Å²) in [6, 6.07) is 0. The molecule has 0 aromatic rings. The molecule has 3 heteroatoms. The SMILES string of the molecule is C=CCC=O.O=CO. The van der Waals surface area contributed by atoms with Gasteiger partial charge in [0.1, 0.15) is 6.29 Å². The predicted molar refractivity (Wildman–Crippen MR) is 29.6 cm³/mol. The van der Waals surface area contributed by atoms with Gasteiger partial charge in [-0.15, -0.1) is 6.58 Å². The number of hydrogen-bond acceptors (Lipinski definition) is 2. The van der Waals surface area contributed by atoms with E-state index in [2.05, 4.69) is 6.58 Å². The van der Waals surface area contributed by atoms with Crippen molar-refractivity contribution in [1.29, 1.82) is 0 Å². The summed E-state index contributed by atoms with van der Waals surface area (Å²) in [5.74, 6) is 0. The smallest absolute Gasteiger partial charge is 0.290 e. The molecule has 0 bridgehead atoms. The summed E-state index contributed by atoms with van der Waals surface area (Å²) >= 11 is 0. The normalized spacial score (nSPS) is 5.50. The second-order valence-electron chi connectivity index (χ2n) is 0.796. The summed E-state index contributed by atoms with van der Waals surface area (Å²) in [6.45, 7) is 3.07. The van der Waals surface area contributed by atoms with E-state index in [1.807, 2.05) is 0 Å². The lowest BCUT2D eigenvalue weighted by atomic mass is 10.5. The van der Waals surface area contributed by atoms with Gasteiger partial charge >= 0.3 is 0 Å². The summed E-state index contributed by atoms with van der Waals surface area (Å²) < 4.78 is 0. The number of allylic oxidation sites excluding steroid dienone is 1. The third kappa shape index (κ3) is 94.9. The highest BCUT2D eigenvalue weighted by Gasteiger charge is 1.59. The maximum atomic E-state index is 9.33. The van der Waals surface area contributed by atoms with Crippen LogP contribution in [0.3, 0.4) is 0 Å². The zero-order chi connectivity index (χ0) is 6.83. The fourth-order valence-electron chi connectivity index (χ4n) is 0.0680. The van der Waals surface area contributed by atoms with Crippen molar-refractivity contribution in [3.05, 3.63) is 12.7 Å². The van der Waals surface area contributed by atoms with Crippen molar-refractivity contribution in [2.45, 2.75) is 6.42 Å². The first kappa shape index (κ1) is 9.99. The van der Waals surface area contributed by atoms with Crippen LogP contribution >= 0.6 is 0 Å². The Morgan fingerprint density at radius 2 is 1.88 bits per heavy atom. The molecule has 3 nitrogen and oxygen atoms in total. The van der Waals surface area contributed by atoms with E-state index in [1.54, 1.807) is 6.08 Å². The molecule has 0 amide bonds. The molecule has 0 spiro atoms. The van der Waals surface area contributed by atoms with Gasteiger partial charge in [-0.05, 0) is 0 Å². The van der Waals surface area contributed by atoms with Crippen molar-refractivity contribution in [2.75, 3.05) is 0 Å². The van der Waals surface area contributed by atoms with Gasteiger partial charge in [0, 0.05) is 6.42 Å². The van der Waals surface area contributed by atoms with Crippen LogP contribution in [-0.4, -0.2) is 17.9 Å². The number of hydrogen-bond donors (Lipinski definition) is 1. The Morgan fingerprint density at radius 1 is 1.50 bits per heavy atom. The fraction of sp³-hybridized carbons (Fsp3) is 0.200. The van der Waals surface area contributed by atoms with E-state index in [9.17, 15) is 4.79 Å². The van der Waals surface area contributed by atoms with Gasteiger partial charge < -0.3 is 9.90 Å². The van der Waals surface area contributed by atoms with Crippen LogP contribution in [0.5, 0.6) is 0 Å². The molecular weight excluding hydrogens is 108 g/mol. The van der Waals surface area contributed by atoms with Gasteiger partial charge in [0.25, 0.3) is 6.47 Å². The first-order valence-electron chi connectivity index (χ1n) is 1.95. The van der Waals surface area contributed by atoms with Gasteiger partial charge in [-0.25, -0.2) is 0 Å². The number of carboxylic acid groups (broad SMARTS) is 1. The van der Waals surface area contributed by atoms with Gasteiger partial charge in [0.05, 0.1) is 0 Å². The van der Waals surface area contributed by atoms with Gasteiger partial charge in [-0.1, -0.05) is 6.08 Å². The number of rotatable bonds is 2. The highest BCUT2D eigenvalue weighted by Crippen LogP contribution is 1.64. The van der Waals surface area contributed by atoms with Crippen molar-refractivity contribution < 1.29 is 14.7 Å². The average molecular weight is 116 g/mol. The molecule has 46 valence electrons.